The van der Waals surface area contributed by atoms with E-state index in [-0.39, 0.29) is 0 Å². The third-order valence-electron chi connectivity index (χ3n) is 0.773. The van der Waals surface area contributed by atoms with Gasteiger partial charge < -0.3 is 0 Å². The lowest BCUT2D eigenvalue weighted by Gasteiger charge is -2.14. The maximum absolute atomic E-state index is 10.9. The second-order valence-corrected chi connectivity index (χ2v) is 4.87. The summed E-state index contributed by atoms with van der Waals surface area (Å²) >= 11 is 2.27. The summed E-state index contributed by atoms with van der Waals surface area (Å²) in [5, 5.41) is 10.9. The first-order valence-electron chi connectivity index (χ1n) is 2.76. The predicted molar refractivity (Wildman–Crippen MR) is 42.9 cm³/mol. The summed E-state index contributed by atoms with van der Waals surface area (Å²) < 4.78 is 0.500. The number of halogens is 1. The molecule has 1 radical (unpaired) electrons. The molecule has 0 aromatic rings. The molecule has 0 aromatic heterocycles. The van der Waals surface area contributed by atoms with E-state index in [9.17, 15) is 5.11 Å². The lowest BCUT2D eigenvalue weighted by Crippen LogP contribution is -2.19. The highest BCUT2D eigenvalue weighted by molar-refractivity contribution is 14.1. The molecule has 0 aliphatic rings. The van der Waals surface area contributed by atoms with E-state index in [2.05, 4.69) is 29.5 Å². The van der Waals surface area contributed by atoms with Crippen LogP contribution in [0.4, 0.5) is 0 Å². The molecule has 1 atom stereocenters. The summed E-state index contributed by atoms with van der Waals surface area (Å²) in [6, 6.07) is 0. The fraction of sp³-hybridized carbons (Fsp3) is 1.00. The van der Waals surface area contributed by atoms with Crippen molar-refractivity contribution >= 4 is 22.6 Å². The van der Waals surface area contributed by atoms with Crippen LogP contribution in [0.25, 0.3) is 0 Å². The summed E-state index contributed by atoms with van der Waals surface area (Å²) in [5.41, 5.74) is -0.736. The van der Waals surface area contributed by atoms with Gasteiger partial charge in [-0.2, -0.15) is 0 Å². The summed E-state index contributed by atoms with van der Waals surface area (Å²) in [6.45, 7) is 5.50. The Kier molecular flexibility index (Phi) is 3.27. The van der Waals surface area contributed by atoms with Crippen molar-refractivity contribution in [2.45, 2.75) is 36.7 Å². The molecule has 49 valence electrons. The highest BCUT2D eigenvalue weighted by Crippen LogP contribution is 2.16. The van der Waals surface area contributed by atoms with Gasteiger partial charge >= 0.3 is 0 Å². The lowest BCUT2D eigenvalue weighted by molar-refractivity contribution is -0.00144. The monoisotopic (exact) mass is 227 g/mol. The Hall–Kier alpha value is 0.690. The molecule has 0 N–H and O–H groups in total. The van der Waals surface area contributed by atoms with E-state index in [4.69, 9.17) is 0 Å². The molecular weight excluding hydrogens is 215 g/mol. The second kappa shape index (κ2) is 3.01. The lowest BCUT2D eigenvalue weighted by atomic mass is 10.0. The third kappa shape index (κ3) is 6.69. The first kappa shape index (κ1) is 8.69. The highest BCUT2D eigenvalue weighted by Gasteiger charge is 2.16. The van der Waals surface area contributed by atoms with Crippen LogP contribution in [0.5, 0.6) is 0 Å². The van der Waals surface area contributed by atoms with Gasteiger partial charge in [0.05, 0.1) is 5.60 Å². The molecule has 0 saturated carbocycles. The van der Waals surface area contributed by atoms with E-state index in [0.29, 0.717) is 3.92 Å². The molecule has 1 nitrogen and oxygen atoms in total. The normalized spacial score (nSPS) is 16.1. The molecule has 0 heterocycles. The van der Waals surface area contributed by atoms with Gasteiger partial charge in [0.25, 0.3) is 0 Å². The van der Waals surface area contributed by atoms with Gasteiger partial charge in [0.15, 0.2) is 0 Å². The molecule has 2 heteroatoms. The van der Waals surface area contributed by atoms with Gasteiger partial charge in [0, 0.05) is 3.92 Å². The first-order chi connectivity index (χ1) is 3.42. The van der Waals surface area contributed by atoms with Gasteiger partial charge in [-0.25, -0.2) is 5.11 Å². The van der Waals surface area contributed by atoms with Crippen molar-refractivity contribution in [3.05, 3.63) is 0 Å². The number of hydrogen-bond acceptors (Lipinski definition) is 0. The van der Waals surface area contributed by atoms with Gasteiger partial charge in [-0.1, -0.05) is 29.5 Å². The Balaban J connectivity index is 3.39. The first-order valence-corrected chi connectivity index (χ1v) is 4.01. The fourth-order valence-electron chi connectivity index (χ4n) is 0.677. The molecule has 0 aliphatic heterocycles. The van der Waals surface area contributed by atoms with Gasteiger partial charge in [0.1, 0.15) is 0 Å². The molecule has 0 fully saturated rings. The zero-order valence-corrected chi connectivity index (χ0v) is 7.73. The van der Waals surface area contributed by atoms with Crippen LogP contribution in [0.2, 0.25) is 0 Å². The molecular formula is C6H12IO. The van der Waals surface area contributed by atoms with Crippen LogP contribution >= 0.6 is 22.6 Å². The topological polar surface area (TPSA) is 19.9 Å². The Morgan fingerprint density at radius 2 is 2.00 bits per heavy atom. The molecule has 0 aliphatic carbocycles. The largest absolute Gasteiger partial charge is 0.230 e. The van der Waals surface area contributed by atoms with E-state index >= 15 is 0 Å². The molecule has 0 aromatic carbocycles. The van der Waals surface area contributed by atoms with Crippen molar-refractivity contribution in [1.29, 1.82) is 0 Å². The molecule has 0 spiro atoms. The minimum atomic E-state index is -0.736. The van der Waals surface area contributed by atoms with Crippen LogP contribution in [0.15, 0.2) is 0 Å². The summed E-state index contributed by atoms with van der Waals surface area (Å²) in [5.74, 6) is 0. The van der Waals surface area contributed by atoms with Gasteiger partial charge in [0.2, 0.25) is 0 Å². The number of alkyl halides is 1. The zero-order valence-electron chi connectivity index (χ0n) is 5.57. The average Bonchev–Trinajstić information content (AvgIpc) is 1.21. The fourth-order valence-corrected chi connectivity index (χ4v) is 1.74. The zero-order chi connectivity index (χ0) is 6.78. The standard InChI is InChI=1S/C6H12IO/c1-5(7)4-6(2,3)8/h5H,4H2,1-3H3. The SMILES string of the molecule is CC(I)CC(C)(C)[O]. The van der Waals surface area contributed by atoms with E-state index in [1.54, 1.807) is 13.8 Å². The minimum Gasteiger partial charge on any atom is -0.230 e. The van der Waals surface area contributed by atoms with Crippen LogP contribution in [-0.4, -0.2) is 9.53 Å². The van der Waals surface area contributed by atoms with E-state index < -0.39 is 5.60 Å². The Morgan fingerprint density at radius 3 is 2.00 bits per heavy atom. The van der Waals surface area contributed by atoms with Crippen molar-refractivity contribution in [3.63, 3.8) is 0 Å². The number of rotatable bonds is 2. The van der Waals surface area contributed by atoms with Gasteiger partial charge in [-0.05, 0) is 20.3 Å². The summed E-state index contributed by atoms with van der Waals surface area (Å²) in [6.07, 6.45) is 0.758. The summed E-state index contributed by atoms with van der Waals surface area (Å²) in [7, 11) is 0. The predicted octanol–water partition coefficient (Wildman–Crippen LogP) is 2.41. The Morgan fingerprint density at radius 1 is 1.62 bits per heavy atom. The van der Waals surface area contributed by atoms with Crippen LogP contribution in [0.3, 0.4) is 0 Å². The van der Waals surface area contributed by atoms with Crippen LogP contribution in [0, 0.1) is 0 Å². The second-order valence-electron chi connectivity index (χ2n) is 2.74. The van der Waals surface area contributed by atoms with Crippen molar-refractivity contribution in [2.24, 2.45) is 0 Å². The van der Waals surface area contributed by atoms with Crippen LogP contribution < -0.4 is 0 Å². The van der Waals surface area contributed by atoms with E-state index in [1.165, 1.54) is 0 Å². The third-order valence-corrected chi connectivity index (χ3v) is 1.21. The molecule has 8 heavy (non-hydrogen) atoms. The Bertz CT molecular complexity index is 63.4. The molecule has 0 bridgehead atoms. The number of hydrogen-bond donors (Lipinski definition) is 0. The maximum atomic E-state index is 10.9. The van der Waals surface area contributed by atoms with Crippen molar-refractivity contribution in [1.82, 2.24) is 0 Å². The Labute approximate surface area is 64.6 Å². The highest BCUT2D eigenvalue weighted by atomic mass is 127. The molecule has 0 rings (SSSR count). The van der Waals surface area contributed by atoms with Gasteiger partial charge in [-0.3, -0.25) is 0 Å². The quantitative estimate of drug-likeness (QED) is 0.510. The van der Waals surface area contributed by atoms with Crippen molar-refractivity contribution in [2.75, 3.05) is 0 Å². The minimum absolute atomic E-state index is 0.500. The van der Waals surface area contributed by atoms with Gasteiger partial charge in [-0.15, -0.1) is 0 Å². The molecule has 0 saturated heterocycles. The molecule has 1 unspecified atom stereocenters. The molecule has 0 amide bonds. The van der Waals surface area contributed by atoms with Crippen molar-refractivity contribution in [3.8, 4) is 0 Å². The maximum Gasteiger partial charge on any atom is 0.0990 e. The van der Waals surface area contributed by atoms with Crippen molar-refractivity contribution < 1.29 is 5.11 Å². The summed E-state index contributed by atoms with van der Waals surface area (Å²) in [4.78, 5) is 0. The smallest absolute Gasteiger partial charge is 0.0990 e. The van der Waals surface area contributed by atoms with Crippen LogP contribution in [-0.2, 0) is 5.11 Å². The van der Waals surface area contributed by atoms with E-state index in [1.807, 2.05) is 0 Å². The average molecular weight is 227 g/mol. The van der Waals surface area contributed by atoms with Crippen LogP contribution in [0.1, 0.15) is 27.2 Å². The van der Waals surface area contributed by atoms with E-state index in [0.717, 1.165) is 6.42 Å².